The smallest absolute Gasteiger partial charge is 0.280 e. The molecule has 0 bridgehead atoms. The number of hydrogen-bond donors (Lipinski definition) is 1. The predicted octanol–water partition coefficient (Wildman–Crippen LogP) is 2.52. The quantitative estimate of drug-likeness (QED) is 0.750. The largest absolute Gasteiger partial charge is 0.383 e. The highest BCUT2D eigenvalue weighted by atomic mass is 16.2. The third-order valence-corrected chi connectivity index (χ3v) is 4.55. The normalized spacial score (nSPS) is 14.2. The van der Waals surface area contributed by atoms with Gasteiger partial charge in [0.25, 0.3) is 5.91 Å². The standard InChI is InChI=1S/C17H18N4O/c1-20-10-9-11-12(6-4-8-15(11)20)17(22)21-16(18)13-5-2-3-7-14(13)19-21/h4,6,8-10H,2-3,5,7,18H2,1H3. The number of aromatic nitrogens is 3. The van der Waals surface area contributed by atoms with E-state index in [0.717, 1.165) is 47.8 Å². The van der Waals surface area contributed by atoms with Crippen LogP contribution in [0.3, 0.4) is 0 Å². The summed E-state index contributed by atoms with van der Waals surface area (Å²) < 4.78 is 3.39. The Balaban J connectivity index is 1.86. The second-order valence-electron chi connectivity index (χ2n) is 5.90. The van der Waals surface area contributed by atoms with E-state index in [9.17, 15) is 4.79 Å². The SMILES string of the molecule is Cn1ccc2c(C(=O)n3nc4c(c3N)CCCC4)cccc21. The Morgan fingerprint density at radius 1 is 1.23 bits per heavy atom. The van der Waals surface area contributed by atoms with Gasteiger partial charge in [0.05, 0.1) is 11.3 Å². The fourth-order valence-electron chi connectivity index (χ4n) is 3.34. The number of nitrogens with zero attached hydrogens (tertiary/aromatic N) is 3. The van der Waals surface area contributed by atoms with Crippen molar-refractivity contribution in [3.05, 3.63) is 47.3 Å². The fourth-order valence-corrected chi connectivity index (χ4v) is 3.34. The molecule has 22 heavy (non-hydrogen) atoms. The van der Waals surface area contributed by atoms with Gasteiger partial charge in [0, 0.05) is 29.7 Å². The van der Waals surface area contributed by atoms with Gasteiger partial charge in [0.15, 0.2) is 0 Å². The summed E-state index contributed by atoms with van der Waals surface area (Å²) in [6.45, 7) is 0. The van der Waals surface area contributed by atoms with Gasteiger partial charge in [0.1, 0.15) is 5.82 Å². The Hall–Kier alpha value is -2.56. The molecule has 2 N–H and O–H groups in total. The first-order chi connectivity index (χ1) is 10.7. The molecule has 5 nitrogen and oxygen atoms in total. The first kappa shape index (κ1) is 13.1. The van der Waals surface area contributed by atoms with E-state index >= 15 is 0 Å². The molecule has 1 aromatic carbocycles. The highest BCUT2D eigenvalue weighted by Gasteiger charge is 2.23. The van der Waals surface area contributed by atoms with Crippen molar-refractivity contribution in [1.29, 1.82) is 0 Å². The zero-order chi connectivity index (χ0) is 15.3. The molecule has 0 atom stereocenters. The maximum atomic E-state index is 12.9. The zero-order valence-corrected chi connectivity index (χ0v) is 12.5. The first-order valence-corrected chi connectivity index (χ1v) is 7.62. The molecule has 1 aliphatic carbocycles. The van der Waals surface area contributed by atoms with E-state index < -0.39 is 0 Å². The number of rotatable bonds is 1. The van der Waals surface area contributed by atoms with Crippen LogP contribution < -0.4 is 5.73 Å². The van der Waals surface area contributed by atoms with Crippen LogP contribution in [0.15, 0.2) is 30.5 Å². The van der Waals surface area contributed by atoms with E-state index in [-0.39, 0.29) is 5.91 Å². The maximum absolute atomic E-state index is 12.9. The molecule has 0 amide bonds. The lowest BCUT2D eigenvalue weighted by molar-refractivity contribution is 0.0949. The first-order valence-electron chi connectivity index (χ1n) is 7.62. The average Bonchev–Trinajstić information content (AvgIpc) is 3.08. The zero-order valence-electron chi connectivity index (χ0n) is 12.5. The molecule has 0 aliphatic heterocycles. The van der Waals surface area contributed by atoms with E-state index in [0.29, 0.717) is 11.4 Å². The van der Waals surface area contributed by atoms with Gasteiger partial charge in [-0.05, 0) is 43.9 Å². The number of aryl methyl sites for hydroxylation is 2. The average molecular weight is 294 g/mol. The highest BCUT2D eigenvalue weighted by Crippen LogP contribution is 2.27. The monoisotopic (exact) mass is 294 g/mol. The molecular formula is C17H18N4O. The summed E-state index contributed by atoms with van der Waals surface area (Å²) in [7, 11) is 1.97. The molecule has 1 aliphatic rings. The molecule has 2 heterocycles. The van der Waals surface area contributed by atoms with Gasteiger partial charge in [-0.15, -0.1) is 0 Å². The van der Waals surface area contributed by atoms with Crippen molar-refractivity contribution in [3.8, 4) is 0 Å². The summed E-state index contributed by atoms with van der Waals surface area (Å²) in [5, 5.41) is 5.41. The Morgan fingerprint density at radius 3 is 2.86 bits per heavy atom. The number of fused-ring (bicyclic) bond motifs is 2. The van der Waals surface area contributed by atoms with E-state index in [1.54, 1.807) is 0 Å². The lowest BCUT2D eigenvalue weighted by atomic mass is 9.98. The maximum Gasteiger partial charge on any atom is 0.280 e. The Labute approximate surface area is 128 Å². The molecule has 5 heteroatoms. The number of nitrogens with two attached hydrogens (primary N) is 1. The van der Waals surface area contributed by atoms with E-state index in [2.05, 4.69) is 5.10 Å². The van der Waals surface area contributed by atoms with Gasteiger partial charge in [-0.1, -0.05) is 6.07 Å². The Kier molecular flexibility index (Phi) is 2.82. The van der Waals surface area contributed by atoms with Gasteiger partial charge >= 0.3 is 0 Å². The summed E-state index contributed by atoms with van der Waals surface area (Å²) >= 11 is 0. The van der Waals surface area contributed by atoms with Crippen LogP contribution >= 0.6 is 0 Å². The number of hydrogen-bond acceptors (Lipinski definition) is 3. The summed E-state index contributed by atoms with van der Waals surface area (Å²) in [5.41, 5.74) is 9.90. The predicted molar refractivity (Wildman–Crippen MR) is 85.9 cm³/mol. The molecule has 0 radical (unpaired) electrons. The van der Waals surface area contributed by atoms with Crippen molar-refractivity contribution in [1.82, 2.24) is 14.3 Å². The summed E-state index contributed by atoms with van der Waals surface area (Å²) in [5.74, 6) is 0.358. The number of carbonyl (C=O) groups excluding carboxylic acids is 1. The lowest BCUT2D eigenvalue weighted by Gasteiger charge is -2.08. The van der Waals surface area contributed by atoms with Crippen molar-refractivity contribution in [2.45, 2.75) is 25.7 Å². The molecule has 2 aromatic heterocycles. The third-order valence-electron chi connectivity index (χ3n) is 4.55. The van der Waals surface area contributed by atoms with Gasteiger partial charge in [-0.25, -0.2) is 0 Å². The van der Waals surface area contributed by atoms with Crippen molar-refractivity contribution in [3.63, 3.8) is 0 Å². The lowest BCUT2D eigenvalue weighted by Crippen LogP contribution is -2.16. The molecule has 0 fully saturated rings. The second kappa shape index (κ2) is 4.73. The van der Waals surface area contributed by atoms with E-state index in [1.807, 2.05) is 42.1 Å². The van der Waals surface area contributed by atoms with Crippen LogP contribution in [0, 0.1) is 0 Å². The Morgan fingerprint density at radius 2 is 2.05 bits per heavy atom. The van der Waals surface area contributed by atoms with Crippen molar-refractivity contribution >= 4 is 22.6 Å². The van der Waals surface area contributed by atoms with Crippen LogP contribution in [0.1, 0.15) is 34.5 Å². The number of carbonyl (C=O) groups is 1. The minimum absolute atomic E-state index is 0.149. The van der Waals surface area contributed by atoms with Crippen LogP contribution in [0.25, 0.3) is 10.9 Å². The van der Waals surface area contributed by atoms with Gasteiger partial charge in [-0.2, -0.15) is 9.78 Å². The van der Waals surface area contributed by atoms with Crippen molar-refractivity contribution in [2.75, 3.05) is 5.73 Å². The van der Waals surface area contributed by atoms with Gasteiger partial charge < -0.3 is 10.3 Å². The summed E-state index contributed by atoms with van der Waals surface area (Å²) in [6.07, 6.45) is 6.02. The molecule has 3 aromatic rings. The van der Waals surface area contributed by atoms with Crippen LogP contribution in [0.2, 0.25) is 0 Å². The van der Waals surface area contributed by atoms with Crippen molar-refractivity contribution in [2.24, 2.45) is 7.05 Å². The van der Waals surface area contributed by atoms with Crippen LogP contribution in [0.4, 0.5) is 5.82 Å². The van der Waals surface area contributed by atoms with Crippen LogP contribution in [-0.2, 0) is 19.9 Å². The summed E-state index contributed by atoms with van der Waals surface area (Å²) in [6, 6.07) is 7.70. The molecule has 0 unspecified atom stereocenters. The number of anilines is 1. The van der Waals surface area contributed by atoms with E-state index in [1.165, 1.54) is 4.68 Å². The minimum atomic E-state index is -0.149. The van der Waals surface area contributed by atoms with Gasteiger partial charge in [-0.3, -0.25) is 4.79 Å². The molecule has 0 saturated carbocycles. The fraction of sp³-hybridized carbons (Fsp3) is 0.294. The molecule has 0 saturated heterocycles. The number of nitrogen functional groups attached to an aromatic ring is 1. The number of benzene rings is 1. The second-order valence-corrected chi connectivity index (χ2v) is 5.90. The van der Waals surface area contributed by atoms with Crippen molar-refractivity contribution < 1.29 is 4.79 Å². The molecular weight excluding hydrogens is 276 g/mol. The Bertz CT molecular complexity index is 888. The summed E-state index contributed by atoms with van der Waals surface area (Å²) in [4.78, 5) is 12.9. The van der Waals surface area contributed by atoms with Crippen LogP contribution in [0.5, 0.6) is 0 Å². The minimum Gasteiger partial charge on any atom is -0.383 e. The third kappa shape index (κ3) is 1.78. The van der Waals surface area contributed by atoms with Crippen LogP contribution in [-0.4, -0.2) is 20.3 Å². The molecule has 112 valence electrons. The highest BCUT2D eigenvalue weighted by molar-refractivity contribution is 6.08. The topological polar surface area (TPSA) is 65.8 Å². The molecule has 0 spiro atoms. The van der Waals surface area contributed by atoms with Gasteiger partial charge in [0.2, 0.25) is 0 Å². The molecule has 4 rings (SSSR count). The van der Waals surface area contributed by atoms with E-state index in [4.69, 9.17) is 5.73 Å².